The largest absolute Gasteiger partial charge is 0.494 e. The van der Waals surface area contributed by atoms with Crippen molar-refractivity contribution in [3.05, 3.63) is 58.6 Å². The van der Waals surface area contributed by atoms with E-state index in [4.69, 9.17) is 4.74 Å². The number of anilines is 1. The van der Waals surface area contributed by atoms with Crippen molar-refractivity contribution in [1.82, 2.24) is 14.8 Å². The summed E-state index contributed by atoms with van der Waals surface area (Å²) in [5.41, 5.74) is 0.908. The van der Waals surface area contributed by atoms with Gasteiger partial charge in [0.1, 0.15) is 5.75 Å². The molecular weight excluding hydrogens is 422 g/mol. The van der Waals surface area contributed by atoms with Gasteiger partial charge >= 0.3 is 0 Å². The normalized spacial score (nSPS) is 10.5. The van der Waals surface area contributed by atoms with E-state index in [-0.39, 0.29) is 29.5 Å². The van der Waals surface area contributed by atoms with Crippen LogP contribution in [0.1, 0.15) is 18.1 Å². The van der Waals surface area contributed by atoms with Gasteiger partial charge in [-0.2, -0.15) is 4.68 Å². The molecule has 0 aliphatic rings. The molecule has 3 aromatic rings. The van der Waals surface area contributed by atoms with Gasteiger partial charge in [-0.1, -0.05) is 49.0 Å². The molecule has 31 heavy (non-hydrogen) atoms. The highest BCUT2D eigenvalue weighted by Crippen LogP contribution is 2.29. The van der Waals surface area contributed by atoms with Gasteiger partial charge in [-0.05, 0) is 6.07 Å². The zero-order valence-electron chi connectivity index (χ0n) is 16.8. The lowest BCUT2D eigenvalue weighted by Gasteiger charge is -2.09. The molecule has 1 amide bonds. The number of nitro groups is 1. The molecule has 0 saturated heterocycles. The van der Waals surface area contributed by atoms with Gasteiger partial charge in [0.15, 0.2) is 11.0 Å². The number of methoxy groups -OCH3 is 1. The molecule has 160 valence electrons. The van der Waals surface area contributed by atoms with Gasteiger partial charge < -0.3 is 10.1 Å². The van der Waals surface area contributed by atoms with Crippen LogP contribution >= 0.6 is 11.8 Å². The van der Waals surface area contributed by atoms with Crippen LogP contribution in [-0.4, -0.2) is 44.4 Å². The summed E-state index contributed by atoms with van der Waals surface area (Å²) in [5, 5.41) is 18.1. The summed E-state index contributed by atoms with van der Waals surface area (Å²) in [7, 11) is 1.35. The highest BCUT2D eigenvalue weighted by atomic mass is 32.2. The molecule has 10 nitrogen and oxygen atoms in total. The number of thioether (sulfide) groups is 1. The number of nitrogens with zero attached hydrogens (tertiary/aromatic N) is 4. The van der Waals surface area contributed by atoms with Crippen molar-refractivity contribution in [2.75, 3.05) is 18.2 Å². The van der Waals surface area contributed by atoms with Gasteiger partial charge in [0.2, 0.25) is 11.8 Å². The third-order valence-electron chi connectivity index (χ3n) is 4.15. The number of carbonyl (C=O) groups excluding carboxylic acids is 2. The molecule has 0 spiro atoms. The van der Waals surface area contributed by atoms with Crippen LogP contribution in [0, 0.1) is 10.1 Å². The number of carbonyl (C=O) groups is 2. The SMILES string of the molecule is CCC(=O)n1nc(-c2ccccc2)nc1SCC(=O)Nc1ccc([N+](=O)[O-])cc1OC. The Morgan fingerprint density at radius 3 is 2.61 bits per heavy atom. The molecule has 1 N–H and O–H groups in total. The van der Waals surface area contributed by atoms with Gasteiger partial charge in [-0.3, -0.25) is 19.7 Å². The fourth-order valence-electron chi connectivity index (χ4n) is 2.63. The Labute approximate surface area is 181 Å². The molecule has 2 aromatic carbocycles. The lowest BCUT2D eigenvalue weighted by atomic mass is 10.2. The van der Waals surface area contributed by atoms with E-state index in [9.17, 15) is 19.7 Å². The van der Waals surface area contributed by atoms with Crippen LogP contribution in [0.5, 0.6) is 5.75 Å². The average Bonchev–Trinajstić information content (AvgIpc) is 3.22. The van der Waals surface area contributed by atoms with Crippen LogP contribution < -0.4 is 10.1 Å². The molecule has 3 rings (SSSR count). The predicted molar refractivity (Wildman–Crippen MR) is 115 cm³/mol. The van der Waals surface area contributed by atoms with Crippen LogP contribution in [0.2, 0.25) is 0 Å². The summed E-state index contributed by atoms with van der Waals surface area (Å²) in [5.74, 6) is -0.124. The first-order valence-corrected chi connectivity index (χ1v) is 10.2. The fraction of sp³-hybridized carbons (Fsp3) is 0.200. The van der Waals surface area contributed by atoms with Crippen LogP contribution in [0.3, 0.4) is 0 Å². The molecule has 0 saturated carbocycles. The van der Waals surface area contributed by atoms with Crippen molar-refractivity contribution < 1.29 is 19.2 Å². The number of amides is 1. The molecule has 0 bridgehead atoms. The summed E-state index contributed by atoms with van der Waals surface area (Å²) in [6.07, 6.45) is 0.233. The summed E-state index contributed by atoms with van der Waals surface area (Å²) in [6.45, 7) is 1.72. The number of benzene rings is 2. The van der Waals surface area contributed by atoms with Crippen LogP contribution in [-0.2, 0) is 4.79 Å². The van der Waals surface area contributed by atoms with Gasteiger partial charge in [-0.15, -0.1) is 5.10 Å². The summed E-state index contributed by atoms with van der Waals surface area (Å²) in [6, 6.07) is 13.1. The highest BCUT2D eigenvalue weighted by Gasteiger charge is 2.19. The number of ether oxygens (including phenoxy) is 1. The second-order valence-electron chi connectivity index (χ2n) is 6.22. The molecule has 0 fully saturated rings. The number of hydrogen-bond acceptors (Lipinski definition) is 8. The van der Waals surface area contributed by atoms with E-state index in [1.165, 1.54) is 30.0 Å². The lowest BCUT2D eigenvalue weighted by molar-refractivity contribution is -0.384. The molecule has 0 atom stereocenters. The molecule has 1 aromatic heterocycles. The first-order chi connectivity index (χ1) is 14.9. The van der Waals surface area contributed by atoms with Crippen molar-refractivity contribution in [2.45, 2.75) is 18.5 Å². The van der Waals surface area contributed by atoms with Crippen molar-refractivity contribution >= 4 is 35.0 Å². The smallest absolute Gasteiger partial charge is 0.273 e. The monoisotopic (exact) mass is 441 g/mol. The van der Waals surface area contributed by atoms with E-state index in [2.05, 4.69) is 15.4 Å². The average molecular weight is 441 g/mol. The van der Waals surface area contributed by atoms with E-state index in [1.54, 1.807) is 6.92 Å². The number of hydrogen-bond donors (Lipinski definition) is 1. The minimum Gasteiger partial charge on any atom is -0.494 e. The van der Waals surface area contributed by atoms with Crippen LogP contribution in [0.25, 0.3) is 11.4 Å². The zero-order valence-corrected chi connectivity index (χ0v) is 17.6. The number of aromatic nitrogens is 3. The third-order valence-corrected chi connectivity index (χ3v) is 5.08. The standard InChI is InChI=1S/C20H19N5O5S/c1-3-18(27)24-20(22-19(23-24)13-7-5-4-6-8-13)31-12-17(26)21-15-10-9-14(25(28)29)11-16(15)30-2/h4-11H,3,12H2,1-2H3,(H,21,26). The topological polar surface area (TPSA) is 129 Å². The minimum absolute atomic E-state index is 0.0515. The van der Waals surface area contributed by atoms with Crippen molar-refractivity contribution in [3.8, 4) is 17.1 Å². The van der Waals surface area contributed by atoms with Crippen LogP contribution in [0.15, 0.2) is 53.7 Å². The zero-order chi connectivity index (χ0) is 22.4. The highest BCUT2D eigenvalue weighted by molar-refractivity contribution is 7.99. The summed E-state index contributed by atoms with van der Waals surface area (Å²) in [4.78, 5) is 39.4. The molecule has 0 radical (unpaired) electrons. The number of nitro benzene ring substituents is 1. The van der Waals surface area contributed by atoms with Crippen LogP contribution in [0.4, 0.5) is 11.4 Å². The summed E-state index contributed by atoms with van der Waals surface area (Å²) >= 11 is 1.06. The van der Waals surface area contributed by atoms with Crippen molar-refractivity contribution in [1.29, 1.82) is 0 Å². The molecule has 1 heterocycles. The Bertz CT molecular complexity index is 1120. The number of non-ortho nitro benzene ring substituents is 1. The maximum atomic E-state index is 12.4. The molecule has 0 unspecified atom stereocenters. The van der Waals surface area contributed by atoms with Gasteiger partial charge in [0.05, 0.1) is 29.5 Å². The Kier molecular flexibility index (Phi) is 6.98. The third kappa shape index (κ3) is 5.25. The summed E-state index contributed by atoms with van der Waals surface area (Å²) < 4.78 is 6.32. The van der Waals surface area contributed by atoms with Gasteiger partial charge in [0, 0.05) is 18.1 Å². The number of nitrogens with one attached hydrogen (secondary N) is 1. The van der Waals surface area contributed by atoms with E-state index in [0.717, 1.165) is 17.3 Å². The van der Waals surface area contributed by atoms with E-state index >= 15 is 0 Å². The van der Waals surface area contributed by atoms with Gasteiger partial charge in [0.25, 0.3) is 5.69 Å². The van der Waals surface area contributed by atoms with Crippen molar-refractivity contribution in [3.63, 3.8) is 0 Å². The quantitative estimate of drug-likeness (QED) is 0.319. The Hall–Kier alpha value is -3.73. The maximum Gasteiger partial charge on any atom is 0.273 e. The lowest BCUT2D eigenvalue weighted by Crippen LogP contribution is -2.17. The molecular formula is C20H19N5O5S. The Morgan fingerprint density at radius 2 is 1.97 bits per heavy atom. The first-order valence-electron chi connectivity index (χ1n) is 9.23. The second-order valence-corrected chi connectivity index (χ2v) is 7.16. The minimum atomic E-state index is -0.550. The molecule has 0 aliphatic carbocycles. The first kappa shape index (κ1) is 22.0. The maximum absolute atomic E-state index is 12.4. The fourth-order valence-corrected chi connectivity index (χ4v) is 3.37. The van der Waals surface area contributed by atoms with Crippen molar-refractivity contribution in [2.24, 2.45) is 0 Å². The van der Waals surface area contributed by atoms with Gasteiger partial charge in [-0.25, -0.2) is 4.98 Å². The molecule has 11 heteroatoms. The number of rotatable bonds is 8. The van der Waals surface area contributed by atoms with E-state index in [1.807, 2.05) is 30.3 Å². The Balaban J connectivity index is 1.75. The molecule has 0 aliphatic heterocycles. The second kappa shape index (κ2) is 9.85. The van der Waals surface area contributed by atoms with E-state index < -0.39 is 10.8 Å². The van der Waals surface area contributed by atoms with E-state index in [0.29, 0.717) is 16.7 Å². The Morgan fingerprint density at radius 1 is 1.23 bits per heavy atom. The predicted octanol–water partition coefficient (Wildman–Crippen LogP) is 3.64.